The number of rotatable bonds is 5. The lowest BCUT2D eigenvalue weighted by atomic mass is 10.1. The second kappa shape index (κ2) is 5.66. The lowest BCUT2D eigenvalue weighted by Crippen LogP contribution is -2.04. The summed E-state index contributed by atoms with van der Waals surface area (Å²) in [4.78, 5) is 0.379. The smallest absolute Gasteiger partial charge is 0.178 e. The lowest BCUT2D eigenvalue weighted by molar-refractivity contribution is 0.597. The standard InChI is InChI=1S/C12H15NO2S/c1-2-16(14,15)12-8-5-7-11(10-12)6-3-4-9-13/h5,7-8,10H,2-4,6H2,1H3. The maximum atomic E-state index is 11.6. The van der Waals surface area contributed by atoms with Crippen molar-refractivity contribution >= 4 is 9.84 Å². The van der Waals surface area contributed by atoms with Gasteiger partial charge in [-0.1, -0.05) is 19.1 Å². The molecule has 0 amide bonds. The summed E-state index contributed by atoms with van der Waals surface area (Å²) in [6.45, 7) is 1.64. The minimum Gasteiger partial charge on any atom is -0.224 e. The summed E-state index contributed by atoms with van der Waals surface area (Å²) in [6.07, 6.45) is 2.03. The third-order valence-corrected chi connectivity index (χ3v) is 4.12. The van der Waals surface area contributed by atoms with Crippen molar-refractivity contribution in [3.8, 4) is 6.07 Å². The molecule has 1 aromatic rings. The van der Waals surface area contributed by atoms with Gasteiger partial charge in [0.25, 0.3) is 0 Å². The van der Waals surface area contributed by atoms with Gasteiger partial charge in [0, 0.05) is 6.42 Å². The third kappa shape index (κ3) is 3.35. The van der Waals surface area contributed by atoms with Gasteiger partial charge in [0.15, 0.2) is 9.84 Å². The normalized spacial score (nSPS) is 11.0. The molecule has 0 radical (unpaired) electrons. The van der Waals surface area contributed by atoms with Gasteiger partial charge in [0.2, 0.25) is 0 Å². The van der Waals surface area contributed by atoms with E-state index in [0.717, 1.165) is 18.4 Å². The van der Waals surface area contributed by atoms with Gasteiger partial charge < -0.3 is 0 Å². The lowest BCUT2D eigenvalue weighted by Gasteiger charge is -2.04. The largest absolute Gasteiger partial charge is 0.224 e. The Morgan fingerprint density at radius 3 is 2.75 bits per heavy atom. The summed E-state index contributed by atoms with van der Waals surface area (Å²) in [5.74, 6) is 0.120. The van der Waals surface area contributed by atoms with Crippen LogP contribution in [0.15, 0.2) is 29.2 Å². The van der Waals surface area contributed by atoms with E-state index in [1.54, 1.807) is 25.1 Å². The molecule has 0 spiro atoms. The molecule has 0 N–H and O–H groups in total. The van der Waals surface area contributed by atoms with E-state index in [2.05, 4.69) is 6.07 Å². The zero-order chi connectivity index (χ0) is 12.0. The summed E-state index contributed by atoms with van der Waals surface area (Å²) in [6, 6.07) is 9.05. The van der Waals surface area contributed by atoms with Crippen LogP contribution in [-0.2, 0) is 16.3 Å². The fourth-order valence-electron chi connectivity index (χ4n) is 1.43. The second-order valence-corrected chi connectivity index (χ2v) is 5.84. The molecule has 0 aliphatic rings. The summed E-state index contributed by atoms with van der Waals surface area (Å²) in [5.41, 5.74) is 0.977. The molecule has 1 aromatic carbocycles. The van der Waals surface area contributed by atoms with Gasteiger partial charge in [-0.2, -0.15) is 5.26 Å². The first kappa shape index (κ1) is 12.7. The Labute approximate surface area is 96.6 Å². The fourth-order valence-corrected chi connectivity index (χ4v) is 2.38. The molecule has 0 heterocycles. The highest BCUT2D eigenvalue weighted by molar-refractivity contribution is 7.91. The van der Waals surface area contributed by atoms with Crippen LogP contribution in [-0.4, -0.2) is 14.2 Å². The zero-order valence-electron chi connectivity index (χ0n) is 9.31. The quantitative estimate of drug-likeness (QED) is 0.738. The van der Waals surface area contributed by atoms with E-state index in [1.165, 1.54) is 0 Å². The van der Waals surface area contributed by atoms with Crippen LogP contribution in [0, 0.1) is 11.3 Å². The molecule has 1 rings (SSSR count). The van der Waals surface area contributed by atoms with E-state index in [9.17, 15) is 8.42 Å². The molecule has 0 unspecified atom stereocenters. The van der Waals surface area contributed by atoms with Crippen LogP contribution in [0.5, 0.6) is 0 Å². The second-order valence-electron chi connectivity index (χ2n) is 3.56. The molecule has 0 saturated carbocycles. The molecule has 3 nitrogen and oxygen atoms in total. The van der Waals surface area contributed by atoms with E-state index >= 15 is 0 Å². The number of benzene rings is 1. The molecular formula is C12H15NO2S. The van der Waals surface area contributed by atoms with Crippen LogP contribution in [0.2, 0.25) is 0 Å². The molecule has 0 aromatic heterocycles. The number of nitrogens with zero attached hydrogens (tertiary/aromatic N) is 1. The zero-order valence-corrected chi connectivity index (χ0v) is 10.1. The van der Waals surface area contributed by atoms with Crippen LogP contribution >= 0.6 is 0 Å². The van der Waals surface area contributed by atoms with Crippen molar-refractivity contribution in [2.45, 2.75) is 31.1 Å². The number of unbranched alkanes of at least 4 members (excludes halogenated alkanes) is 1. The molecule has 0 atom stereocenters. The highest BCUT2D eigenvalue weighted by atomic mass is 32.2. The number of hydrogen-bond donors (Lipinski definition) is 0. The summed E-state index contributed by atoms with van der Waals surface area (Å²) in [5, 5.41) is 8.42. The van der Waals surface area contributed by atoms with Crippen LogP contribution in [0.1, 0.15) is 25.3 Å². The van der Waals surface area contributed by atoms with Crippen molar-refractivity contribution in [2.75, 3.05) is 5.75 Å². The number of aryl methyl sites for hydroxylation is 1. The molecule has 16 heavy (non-hydrogen) atoms. The van der Waals surface area contributed by atoms with Gasteiger partial charge in [0.1, 0.15) is 0 Å². The van der Waals surface area contributed by atoms with Gasteiger partial charge >= 0.3 is 0 Å². The molecule has 0 bridgehead atoms. The summed E-state index contributed by atoms with van der Waals surface area (Å²) >= 11 is 0. The van der Waals surface area contributed by atoms with Crippen LogP contribution in [0.3, 0.4) is 0 Å². The Morgan fingerprint density at radius 2 is 2.12 bits per heavy atom. The van der Waals surface area contributed by atoms with Crippen LogP contribution in [0.25, 0.3) is 0 Å². The van der Waals surface area contributed by atoms with Crippen LogP contribution in [0.4, 0.5) is 0 Å². The van der Waals surface area contributed by atoms with Crippen molar-refractivity contribution < 1.29 is 8.42 Å². The van der Waals surface area contributed by atoms with Gasteiger partial charge in [-0.15, -0.1) is 0 Å². The van der Waals surface area contributed by atoms with Gasteiger partial charge in [-0.25, -0.2) is 8.42 Å². The van der Waals surface area contributed by atoms with E-state index in [4.69, 9.17) is 5.26 Å². The number of hydrogen-bond acceptors (Lipinski definition) is 3. The van der Waals surface area contributed by atoms with Gasteiger partial charge in [0.05, 0.1) is 16.7 Å². The average Bonchev–Trinajstić information content (AvgIpc) is 2.30. The first-order valence-corrected chi connectivity index (χ1v) is 6.94. The average molecular weight is 237 g/mol. The minimum atomic E-state index is -3.12. The Balaban J connectivity index is 2.84. The maximum Gasteiger partial charge on any atom is 0.178 e. The van der Waals surface area contributed by atoms with Crippen LogP contribution < -0.4 is 0 Å². The molecule has 86 valence electrons. The molecule has 0 fully saturated rings. The molecule has 0 aliphatic carbocycles. The predicted molar refractivity (Wildman–Crippen MR) is 62.7 cm³/mol. The van der Waals surface area contributed by atoms with Crippen molar-refractivity contribution in [2.24, 2.45) is 0 Å². The van der Waals surface area contributed by atoms with Crippen molar-refractivity contribution in [1.29, 1.82) is 5.26 Å². The minimum absolute atomic E-state index is 0.120. The summed E-state index contributed by atoms with van der Waals surface area (Å²) < 4.78 is 23.3. The Bertz CT molecular complexity index is 486. The van der Waals surface area contributed by atoms with Crippen molar-refractivity contribution in [3.63, 3.8) is 0 Å². The fraction of sp³-hybridized carbons (Fsp3) is 0.417. The van der Waals surface area contributed by atoms with Crippen molar-refractivity contribution in [1.82, 2.24) is 0 Å². The highest BCUT2D eigenvalue weighted by Gasteiger charge is 2.11. The monoisotopic (exact) mass is 237 g/mol. The van der Waals surface area contributed by atoms with E-state index in [-0.39, 0.29) is 5.75 Å². The summed E-state index contributed by atoms with van der Waals surface area (Å²) in [7, 11) is -3.12. The maximum absolute atomic E-state index is 11.6. The van der Waals surface area contributed by atoms with E-state index in [0.29, 0.717) is 11.3 Å². The first-order chi connectivity index (χ1) is 7.60. The molecule has 0 aliphatic heterocycles. The van der Waals surface area contributed by atoms with Gasteiger partial charge in [-0.05, 0) is 30.5 Å². The molecule has 0 saturated heterocycles. The van der Waals surface area contributed by atoms with Gasteiger partial charge in [-0.3, -0.25) is 0 Å². The van der Waals surface area contributed by atoms with E-state index in [1.807, 2.05) is 6.07 Å². The Hall–Kier alpha value is -1.34. The number of sulfone groups is 1. The molecular weight excluding hydrogens is 222 g/mol. The Kier molecular flexibility index (Phi) is 4.51. The first-order valence-electron chi connectivity index (χ1n) is 5.29. The topological polar surface area (TPSA) is 57.9 Å². The van der Waals surface area contributed by atoms with E-state index < -0.39 is 9.84 Å². The Morgan fingerprint density at radius 1 is 1.38 bits per heavy atom. The van der Waals surface area contributed by atoms with Crippen molar-refractivity contribution in [3.05, 3.63) is 29.8 Å². The molecule has 4 heteroatoms. The highest BCUT2D eigenvalue weighted by Crippen LogP contribution is 2.14. The predicted octanol–water partition coefficient (Wildman–Crippen LogP) is 2.33. The third-order valence-electron chi connectivity index (χ3n) is 2.39. The SMILES string of the molecule is CCS(=O)(=O)c1cccc(CCCC#N)c1. The number of nitriles is 1.